The smallest absolute Gasteiger partial charge is 0.331 e. The van der Waals surface area contributed by atoms with E-state index in [1.165, 1.54) is 18.3 Å². The molecule has 3 N–H and O–H groups in total. The van der Waals surface area contributed by atoms with Gasteiger partial charge in [-0.2, -0.15) is 0 Å². The Hall–Kier alpha value is -1.64. The molecule has 1 aromatic rings. The van der Waals surface area contributed by atoms with Crippen molar-refractivity contribution >= 4 is 8.07 Å². The second kappa shape index (κ2) is 4.72. The van der Waals surface area contributed by atoms with Gasteiger partial charge < -0.3 is 14.9 Å². The number of hydrogen-bond donors (Lipinski definition) is 3. The molecule has 0 unspecified atom stereocenters. The number of aliphatic hydroxyl groups excluding tert-OH is 1. The Morgan fingerprint density at radius 1 is 1.45 bits per heavy atom. The molecule has 2 atom stereocenters. The maximum Gasteiger partial charge on any atom is 0.331 e. The Morgan fingerprint density at radius 3 is 2.60 bits per heavy atom. The summed E-state index contributed by atoms with van der Waals surface area (Å²) in [4.78, 5) is 25.1. The van der Waals surface area contributed by atoms with Gasteiger partial charge in [-0.15, -0.1) is 0 Å². The van der Waals surface area contributed by atoms with Crippen molar-refractivity contribution in [3.8, 4) is 0 Å². The first-order valence-electron chi connectivity index (χ1n) is 6.22. The van der Waals surface area contributed by atoms with Crippen LogP contribution >= 0.6 is 0 Å². The summed E-state index contributed by atoms with van der Waals surface area (Å²) in [7, 11) is -2.20. The van der Waals surface area contributed by atoms with Gasteiger partial charge in [0.2, 0.25) is 6.23 Å². The molecule has 0 saturated heterocycles. The van der Waals surface area contributed by atoms with Crippen LogP contribution in [0.2, 0.25) is 19.6 Å². The normalized spacial score (nSPS) is 26.2. The summed E-state index contributed by atoms with van der Waals surface area (Å²) in [5.74, 6) is 0.220. The number of nitrogens with zero attached hydrogens (tertiary/aromatic N) is 1. The summed E-state index contributed by atoms with van der Waals surface area (Å²) in [6.07, 6.45) is 1.77. The van der Waals surface area contributed by atoms with E-state index in [9.17, 15) is 19.8 Å². The average molecular weight is 298 g/mol. The van der Waals surface area contributed by atoms with Crippen LogP contribution in [0.3, 0.4) is 0 Å². The Bertz CT molecular complexity index is 657. The van der Waals surface area contributed by atoms with Gasteiger partial charge >= 0.3 is 5.69 Å². The molecule has 7 nitrogen and oxygen atoms in total. The zero-order chi connectivity index (χ0) is 15.1. The van der Waals surface area contributed by atoms with E-state index in [-0.39, 0.29) is 12.4 Å². The van der Waals surface area contributed by atoms with Gasteiger partial charge in [0.1, 0.15) is 17.6 Å². The van der Waals surface area contributed by atoms with Gasteiger partial charge in [0.15, 0.2) is 0 Å². The minimum absolute atomic E-state index is 0.220. The van der Waals surface area contributed by atoms with Crippen LogP contribution in [-0.2, 0) is 4.74 Å². The fourth-order valence-corrected chi connectivity index (χ4v) is 3.67. The third-order valence-electron chi connectivity index (χ3n) is 3.48. The van der Waals surface area contributed by atoms with Crippen LogP contribution in [0.4, 0.5) is 0 Å². The molecule has 2 heterocycles. The van der Waals surface area contributed by atoms with Gasteiger partial charge in [0.25, 0.3) is 5.56 Å². The van der Waals surface area contributed by atoms with Crippen molar-refractivity contribution < 1.29 is 14.9 Å². The summed E-state index contributed by atoms with van der Waals surface area (Å²) < 4.78 is 6.63. The highest BCUT2D eigenvalue weighted by Crippen LogP contribution is 2.40. The lowest BCUT2D eigenvalue weighted by molar-refractivity contribution is -0.0374. The summed E-state index contributed by atoms with van der Waals surface area (Å²) >= 11 is 0. The molecule has 0 spiro atoms. The van der Waals surface area contributed by atoms with Gasteiger partial charge in [-0.3, -0.25) is 14.3 Å². The molecule has 0 saturated carbocycles. The number of nitrogens with one attached hydrogen (secondary N) is 1. The number of aromatic nitrogens is 2. The van der Waals surface area contributed by atoms with E-state index >= 15 is 0 Å². The van der Waals surface area contributed by atoms with Gasteiger partial charge in [-0.25, -0.2) is 4.79 Å². The fraction of sp³-hybridized carbons (Fsp3) is 0.500. The van der Waals surface area contributed by atoms with Crippen molar-refractivity contribution in [2.24, 2.45) is 0 Å². The SMILES string of the molecule is C[Si](C)(C)[C@@]1(O)C=C(CO)O[C@H]1n1ccc(=O)[nH]c1=O. The molecule has 0 amide bonds. The fourth-order valence-electron chi connectivity index (χ4n) is 2.13. The summed E-state index contributed by atoms with van der Waals surface area (Å²) in [5.41, 5.74) is -1.18. The standard InChI is InChI=1S/C12H18N2O5Si/c1-20(2,3)12(18)6-8(7-15)19-10(12)14-5-4-9(16)13-11(14)17/h4-6,10,15,18H,7H2,1-3H3,(H,13,16,17)/t10-,12+/m1/s1. The maximum absolute atomic E-state index is 11.9. The Morgan fingerprint density at radius 2 is 2.10 bits per heavy atom. The first-order chi connectivity index (χ1) is 9.19. The molecular formula is C12H18N2O5Si. The third-order valence-corrected chi connectivity index (χ3v) is 6.28. The van der Waals surface area contributed by atoms with Crippen molar-refractivity contribution in [1.29, 1.82) is 0 Å². The quantitative estimate of drug-likeness (QED) is 0.656. The van der Waals surface area contributed by atoms with Crippen LogP contribution < -0.4 is 11.2 Å². The molecule has 110 valence electrons. The van der Waals surface area contributed by atoms with Gasteiger partial charge in [-0.05, 0) is 6.08 Å². The highest BCUT2D eigenvalue weighted by molar-refractivity contribution is 6.79. The van der Waals surface area contributed by atoms with Crippen molar-refractivity contribution in [3.63, 3.8) is 0 Å². The zero-order valence-electron chi connectivity index (χ0n) is 11.6. The maximum atomic E-state index is 11.9. The van der Waals surface area contributed by atoms with Crippen molar-refractivity contribution in [2.75, 3.05) is 6.61 Å². The Balaban J connectivity index is 2.56. The average Bonchev–Trinajstić information content (AvgIpc) is 2.67. The van der Waals surface area contributed by atoms with E-state index in [0.29, 0.717) is 0 Å². The zero-order valence-corrected chi connectivity index (χ0v) is 12.6. The van der Waals surface area contributed by atoms with E-state index < -0.39 is 30.8 Å². The first-order valence-corrected chi connectivity index (χ1v) is 9.72. The molecule has 1 aliphatic heterocycles. The van der Waals surface area contributed by atoms with Crippen LogP contribution in [0.5, 0.6) is 0 Å². The molecule has 0 bridgehead atoms. The number of aromatic amines is 1. The van der Waals surface area contributed by atoms with E-state index in [1.807, 2.05) is 19.6 Å². The van der Waals surface area contributed by atoms with Gasteiger partial charge in [0.05, 0.1) is 8.07 Å². The molecule has 20 heavy (non-hydrogen) atoms. The molecule has 0 aromatic carbocycles. The Kier molecular flexibility index (Phi) is 3.49. The lowest BCUT2D eigenvalue weighted by Gasteiger charge is -2.38. The highest BCUT2D eigenvalue weighted by atomic mass is 28.3. The summed E-state index contributed by atoms with van der Waals surface area (Å²) in [6, 6.07) is 1.19. The summed E-state index contributed by atoms with van der Waals surface area (Å²) in [6.45, 7) is 5.42. The lowest BCUT2D eigenvalue weighted by Crippen LogP contribution is -2.56. The van der Waals surface area contributed by atoms with Crippen molar-refractivity contribution in [1.82, 2.24) is 9.55 Å². The minimum atomic E-state index is -2.20. The van der Waals surface area contributed by atoms with Crippen molar-refractivity contribution in [3.05, 3.63) is 44.9 Å². The minimum Gasteiger partial charge on any atom is -0.469 e. The topological polar surface area (TPSA) is 105 Å². The van der Waals surface area contributed by atoms with Crippen LogP contribution in [-0.4, -0.2) is 39.7 Å². The monoisotopic (exact) mass is 298 g/mol. The van der Waals surface area contributed by atoms with Crippen LogP contribution in [0.15, 0.2) is 33.7 Å². The molecule has 1 aromatic heterocycles. The highest BCUT2D eigenvalue weighted by Gasteiger charge is 2.53. The summed E-state index contributed by atoms with van der Waals surface area (Å²) in [5, 5.41) is 18.8. The van der Waals surface area contributed by atoms with Gasteiger partial charge in [0, 0.05) is 12.3 Å². The largest absolute Gasteiger partial charge is 0.469 e. The third kappa shape index (κ3) is 2.26. The predicted octanol–water partition coefficient (Wildman–Crippen LogP) is -0.450. The molecule has 2 rings (SSSR count). The first kappa shape index (κ1) is 14.8. The predicted molar refractivity (Wildman–Crippen MR) is 74.9 cm³/mol. The van der Waals surface area contributed by atoms with Crippen molar-refractivity contribution in [2.45, 2.75) is 31.1 Å². The molecular weight excluding hydrogens is 280 g/mol. The Labute approximate surface area is 116 Å². The number of aliphatic hydroxyl groups is 2. The van der Waals surface area contributed by atoms with E-state index in [1.54, 1.807) is 0 Å². The van der Waals surface area contributed by atoms with Gasteiger partial charge in [-0.1, -0.05) is 19.6 Å². The van der Waals surface area contributed by atoms with Crippen LogP contribution in [0, 0.1) is 0 Å². The second-order valence-corrected chi connectivity index (χ2v) is 11.1. The number of hydrogen-bond acceptors (Lipinski definition) is 5. The number of H-pyrrole nitrogens is 1. The molecule has 0 fully saturated rings. The second-order valence-electron chi connectivity index (χ2n) is 5.83. The van der Waals surface area contributed by atoms with Crippen LogP contribution in [0.1, 0.15) is 6.23 Å². The van der Waals surface area contributed by atoms with E-state index in [4.69, 9.17) is 4.74 Å². The molecule has 1 aliphatic rings. The molecule has 8 heteroatoms. The number of ether oxygens (including phenoxy) is 1. The van der Waals surface area contributed by atoms with E-state index in [2.05, 4.69) is 4.98 Å². The number of rotatable bonds is 3. The van der Waals surface area contributed by atoms with Crippen LogP contribution in [0.25, 0.3) is 0 Å². The van der Waals surface area contributed by atoms with E-state index in [0.717, 1.165) is 4.57 Å². The lowest BCUT2D eigenvalue weighted by atomic mass is 10.3. The molecule has 0 aliphatic carbocycles. The molecule has 0 radical (unpaired) electrons.